The van der Waals surface area contributed by atoms with Gasteiger partial charge in [0.1, 0.15) is 21.2 Å². The first-order chi connectivity index (χ1) is 13.9. The van der Waals surface area contributed by atoms with Gasteiger partial charge in [-0.15, -0.1) is 11.3 Å². The molecule has 9 heteroatoms. The van der Waals surface area contributed by atoms with E-state index in [9.17, 15) is 18.3 Å². The van der Waals surface area contributed by atoms with Crippen LogP contribution in [-0.2, 0) is 21.2 Å². The van der Waals surface area contributed by atoms with Crippen LogP contribution < -0.4 is 4.72 Å². The quantitative estimate of drug-likeness (QED) is 0.562. The first-order valence-electron chi connectivity index (χ1n) is 9.24. The van der Waals surface area contributed by atoms with Crippen LogP contribution in [0.1, 0.15) is 37.0 Å². The number of carbonyl (C=O) groups is 1. The number of nitrogens with one attached hydrogen (secondary N) is 1. The Labute approximate surface area is 172 Å². The number of rotatable bonds is 8. The van der Waals surface area contributed by atoms with Crippen molar-refractivity contribution >= 4 is 27.3 Å². The molecule has 0 bridgehead atoms. The summed E-state index contributed by atoms with van der Waals surface area (Å²) in [6.45, 7) is 2.03. The van der Waals surface area contributed by atoms with E-state index in [-0.39, 0.29) is 10.6 Å². The van der Waals surface area contributed by atoms with Crippen molar-refractivity contribution in [3.8, 4) is 10.6 Å². The van der Waals surface area contributed by atoms with Crippen LogP contribution >= 0.6 is 11.3 Å². The van der Waals surface area contributed by atoms with Gasteiger partial charge in [0.2, 0.25) is 0 Å². The van der Waals surface area contributed by atoms with Crippen molar-refractivity contribution in [3.63, 3.8) is 0 Å². The number of thiophene rings is 1. The fourth-order valence-electron chi connectivity index (χ4n) is 3.43. The Morgan fingerprint density at radius 2 is 2.07 bits per heavy atom. The van der Waals surface area contributed by atoms with Crippen LogP contribution in [0, 0.1) is 0 Å². The average molecular weight is 433 g/mol. The minimum absolute atomic E-state index is 0.0480. The molecule has 2 N–H and O–H groups in total. The minimum Gasteiger partial charge on any atom is -0.480 e. The molecule has 0 saturated heterocycles. The molecule has 0 radical (unpaired) electrons. The summed E-state index contributed by atoms with van der Waals surface area (Å²) in [5.74, 6) is -0.832. The van der Waals surface area contributed by atoms with Gasteiger partial charge in [0.25, 0.3) is 10.0 Å². The zero-order chi connectivity index (χ0) is 20.6. The normalized spacial score (nSPS) is 21.2. The molecule has 1 unspecified atom stereocenters. The SMILES string of the molecule is CCCc1cc(-c2ccc(S(=O)(=O)N[C@@]3(C(=O)O)CC3c3ccccc3)s2)no1. The summed E-state index contributed by atoms with van der Waals surface area (Å²) in [7, 11) is -4.00. The Hall–Kier alpha value is -2.49. The van der Waals surface area contributed by atoms with Gasteiger partial charge in [-0.05, 0) is 30.5 Å². The highest BCUT2D eigenvalue weighted by Crippen LogP contribution is 2.52. The summed E-state index contributed by atoms with van der Waals surface area (Å²) < 4.78 is 33.6. The van der Waals surface area contributed by atoms with E-state index in [2.05, 4.69) is 9.88 Å². The lowest BCUT2D eigenvalue weighted by molar-refractivity contribution is -0.140. The van der Waals surface area contributed by atoms with E-state index in [1.54, 1.807) is 12.1 Å². The number of carboxylic acids is 1. The Morgan fingerprint density at radius 1 is 1.31 bits per heavy atom. The molecule has 1 aliphatic rings. The van der Waals surface area contributed by atoms with Gasteiger partial charge >= 0.3 is 5.97 Å². The highest BCUT2D eigenvalue weighted by Gasteiger charge is 2.63. The molecule has 2 heterocycles. The molecule has 4 rings (SSSR count). The number of hydrogen-bond acceptors (Lipinski definition) is 6. The lowest BCUT2D eigenvalue weighted by atomic mass is 10.1. The third kappa shape index (κ3) is 3.73. The summed E-state index contributed by atoms with van der Waals surface area (Å²) in [5.41, 5.74) is -0.149. The standard InChI is InChI=1S/C20H20N2O5S2/c1-2-6-14-11-16(21-27-14)17-9-10-18(28-17)29(25,26)22-20(19(23)24)12-15(20)13-7-4-3-5-8-13/h3-5,7-11,15,22H,2,6,12H2,1H3,(H,23,24)/t15?,20-/m0/s1. The molecule has 1 aliphatic carbocycles. The van der Waals surface area contributed by atoms with E-state index < -0.39 is 27.4 Å². The van der Waals surface area contributed by atoms with Crippen LogP contribution in [-0.4, -0.2) is 30.2 Å². The molecule has 1 saturated carbocycles. The Bertz CT molecular complexity index is 1140. The maximum atomic E-state index is 12.9. The fourth-order valence-corrected chi connectivity index (χ4v) is 6.09. The van der Waals surface area contributed by atoms with Gasteiger partial charge in [-0.2, -0.15) is 4.72 Å². The topological polar surface area (TPSA) is 110 Å². The second-order valence-electron chi connectivity index (χ2n) is 7.10. The zero-order valence-corrected chi connectivity index (χ0v) is 17.3. The first-order valence-corrected chi connectivity index (χ1v) is 11.5. The monoisotopic (exact) mass is 432 g/mol. The maximum Gasteiger partial charge on any atom is 0.325 e. The smallest absolute Gasteiger partial charge is 0.325 e. The van der Waals surface area contributed by atoms with Crippen LogP contribution in [0.3, 0.4) is 0 Å². The van der Waals surface area contributed by atoms with Gasteiger partial charge in [0, 0.05) is 18.4 Å². The van der Waals surface area contributed by atoms with Gasteiger partial charge in [-0.1, -0.05) is 42.4 Å². The molecule has 1 aromatic carbocycles. The molecule has 0 amide bonds. The van der Waals surface area contributed by atoms with Crippen LogP contribution in [0.2, 0.25) is 0 Å². The number of aliphatic carboxylic acids is 1. The molecule has 29 heavy (non-hydrogen) atoms. The molecule has 0 spiro atoms. The van der Waals surface area contributed by atoms with Crippen LogP contribution in [0.4, 0.5) is 0 Å². The Balaban J connectivity index is 1.57. The van der Waals surface area contributed by atoms with Crippen LogP contribution in [0.25, 0.3) is 10.6 Å². The largest absolute Gasteiger partial charge is 0.480 e. The third-order valence-electron chi connectivity index (χ3n) is 5.01. The number of benzene rings is 1. The van der Waals surface area contributed by atoms with E-state index in [0.717, 1.165) is 35.5 Å². The van der Waals surface area contributed by atoms with E-state index in [4.69, 9.17) is 4.52 Å². The van der Waals surface area contributed by atoms with Crippen molar-refractivity contribution in [2.24, 2.45) is 0 Å². The van der Waals surface area contributed by atoms with E-state index in [1.165, 1.54) is 6.07 Å². The fraction of sp³-hybridized carbons (Fsp3) is 0.300. The third-order valence-corrected chi connectivity index (χ3v) is 8.12. The first kappa shape index (κ1) is 19.8. The summed E-state index contributed by atoms with van der Waals surface area (Å²) in [4.78, 5) is 12.6. The lowest BCUT2D eigenvalue weighted by Crippen LogP contribution is -2.44. The molecular formula is C20H20N2O5S2. The highest BCUT2D eigenvalue weighted by molar-refractivity contribution is 7.91. The second kappa shape index (κ2) is 7.40. The second-order valence-corrected chi connectivity index (χ2v) is 10.1. The van der Waals surface area contributed by atoms with Crippen molar-refractivity contribution in [2.75, 3.05) is 0 Å². The Kier molecular flexibility index (Phi) is 5.05. The Morgan fingerprint density at radius 3 is 2.76 bits per heavy atom. The maximum absolute atomic E-state index is 12.9. The van der Waals surface area contributed by atoms with Gasteiger partial charge in [0.05, 0.1) is 4.88 Å². The zero-order valence-electron chi connectivity index (χ0n) is 15.7. The lowest BCUT2D eigenvalue weighted by Gasteiger charge is -2.14. The minimum atomic E-state index is -4.00. The summed E-state index contributed by atoms with van der Waals surface area (Å²) in [6, 6.07) is 14.0. The van der Waals surface area contributed by atoms with Crippen molar-refractivity contribution in [3.05, 3.63) is 59.9 Å². The molecule has 7 nitrogen and oxygen atoms in total. The molecule has 1 fully saturated rings. The van der Waals surface area contributed by atoms with E-state index >= 15 is 0 Å². The van der Waals surface area contributed by atoms with Gasteiger partial charge in [-0.3, -0.25) is 4.79 Å². The molecule has 2 atom stereocenters. The van der Waals surface area contributed by atoms with Crippen molar-refractivity contribution in [2.45, 2.75) is 41.9 Å². The van der Waals surface area contributed by atoms with Gasteiger partial charge < -0.3 is 9.63 Å². The highest BCUT2D eigenvalue weighted by atomic mass is 32.2. The number of aryl methyl sites for hydroxylation is 1. The summed E-state index contributed by atoms with van der Waals surface area (Å²) in [6.07, 6.45) is 1.89. The van der Waals surface area contributed by atoms with Crippen LogP contribution in [0.15, 0.2) is 57.3 Å². The van der Waals surface area contributed by atoms with Crippen molar-refractivity contribution in [1.82, 2.24) is 9.88 Å². The molecule has 2 aromatic heterocycles. The number of nitrogens with zero attached hydrogens (tertiary/aromatic N) is 1. The molecule has 3 aromatic rings. The van der Waals surface area contributed by atoms with Crippen molar-refractivity contribution < 1.29 is 22.8 Å². The van der Waals surface area contributed by atoms with E-state index in [1.807, 2.05) is 37.3 Å². The number of hydrogen-bond donors (Lipinski definition) is 2. The predicted molar refractivity (Wildman–Crippen MR) is 108 cm³/mol. The molecule has 152 valence electrons. The molecular weight excluding hydrogens is 412 g/mol. The summed E-state index contributed by atoms with van der Waals surface area (Å²) >= 11 is 1.04. The van der Waals surface area contributed by atoms with Gasteiger partial charge in [0.15, 0.2) is 0 Å². The van der Waals surface area contributed by atoms with E-state index in [0.29, 0.717) is 10.6 Å². The van der Waals surface area contributed by atoms with Crippen molar-refractivity contribution in [1.29, 1.82) is 0 Å². The molecule has 0 aliphatic heterocycles. The summed E-state index contributed by atoms with van der Waals surface area (Å²) in [5, 5.41) is 13.7. The van der Waals surface area contributed by atoms with Crippen LogP contribution in [0.5, 0.6) is 0 Å². The number of carboxylic acid groups (broad SMARTS) is 1. The average Bonchev–Trinajstić information content (AvgIpc) is 3.04. The number of sulfonamides is 1. The van der Waals surface area contributed by atoms with Gasteiger partial charge in [-0.25, -0.2) is 8.42 Å². The predicted octanol–water partition coefficient (Wildman–Crippen LogP) is 3.64. The number of aromatic nitrogens is 1.